The van der Waals surface area contributed by atoms with Gasteiger partial charge in [0.15, 0.2) is 5.13 Å². The van der Waals surface area contributed by atoms with Gasteiger partial charge >= 0.3 is 0 Å². The fourth-order valence-corrected chi connectivity index (χ4v) is 5.59. The molecule has 0 radical (unpaired) electrons. The Balaban J connectivity index is 1.22. The van der Waals surface area contributed by atoms with Crippen LogP contribution in [0.3, 0.4) is 0 Å². The second-order valence-electron chi connectivity index (χ2n) is 9.56. The first-order valence-electron chi connectivity index (χ1n) is 13.6. The zero-order chi connectivity index (χ0) is 32.5. The lowest BCUT2D eigenvalue weighted by Crippen LogP contribution is -2.30. The number of aromatic nitrogens is 1. The van der Waals surface area contributed by atoms with Gasteiger partial charge in [0.25, 0.3) is 17.5 Å². The number of benzene rings is 4. The molecule has 230 valence electrons. The first kappa shape index (κ1) is 31.8. The van der Waals surface area contributed by atoms with Gasteiger partial charge in [0, 0.05) is 44.8 Å². The third kappa shape index (κ3) is 8.49. The van der Waals surface area contributed by atoms with E-state index in [0.29, 0.717) is 32.5 Å². The summed E-state index contributed by atoms with van der Waals surface area (Å²) >= 11 is 2.42. The van der Waals surface area contributed by atoms with Crippen LogP contribution in [0.25, 0.3) is 17.3 Å². The fraction of sp³-hybridized carbons (Fsp3) is 0.0303. The second-order valence-corrected chi connectivity index (χ2v) is 11.5. The number of thiazole rings is 1. The molecule has 0 fully saturated rings. The van der Waals surface area contributed by atoms with Crippen molar-refractivity contribution in [2.45, 2.75) is 4.90 Å². The minimum atomic E-state index is -0.671. The minimum Gasteiger partial charge on any atom is -0.321 e. The van der Waals surface area contributed by atoms with E-state index in [1.54, 1.807) is 78.2 Å². The highest BCUT2D eigenvalue weighted by Gasteiger charge is 2.17. The summed E-state index contributed by atoms with van der Waals surface area (Å²) in [5.41, 5.74) is 1.68. The van der Waals surface area contributed by atoms with Gasteiger partial charge in [-0.3, -0.25) is 24.5 Å². The van der Waals surface area contributed by atoms with Crippen LogP contribution in [-0.2, 0) is 9.59 Å². The second kappa shape index (κ2) is 14.9. The number of halogens is 1. The SMILES string of the molecule is O=C(CSc1cccc(NC(=O)/C(=C/c2ccccc2F)NC(=O)c2ccccc2)c1)Nc1nc(-c2cccc([N+](=O)[O-])c2)cs1. The van der Waals surface area contributed by atoms with Gasteiger partial charge in [0.2, 0.25) is 5.91 Å². The van der Waals surface area contributed by atoms with Crippen molar-refractivity contribution in [3.8, 4) is 11.3 Å². The normalized spacial score (nSPS) is 11.0. The number of nitro benzene ring substituents is 1. The maximum atomic E-state index is 14.4. The zero-order valence-corrected chi connectivity index (χ0v) is 25.4. The number of hydrogen-bond donors (Lipinski definition) is 3. The molecule has 5 rings (SSSR count). The number of rotatable bonds is 11. The molecule has 0 atom stereocenters. The Bertz CT molecular complexity index is 1950. The highest BCUT2D eigenvalue weighted by atomic mass is 32.2. The van der Waals surface area contributed by atoms with E-state index in [-0.39, 0.29) is 28.6 Å². The smallest absolute Gasteiger partial charge is 0.272 e. The number of carbonyl (C=O) groups is 3. The highest BCUT2D eigenvalue weighted by Crippen LogP contribution is 2.28. The molecule has 0 saturated heterocycles. The van der Waals surface area contributed by atoms with Crippen molar-refractivity contribution in [2.75, 3.05) is 16.4 Å². The van der Waals surface area contributed by atoms with E-state index in [4.69, 9.17) is 0 Å². The molecule has 5 aromatic rings. The molecule has 3 amide bonds. The van der Waals surface area contributed by atoms with Crippen LogP contribution in [0, 0.1) is 15.9 Å². The van der Waals surface area contributed by atoms with Gasteiger partial charge in [-0.1, -0.05) is 54.6 Å². The lowest BCUT2D eigenvalue weighted by Gasteiger charge is -2.12. The third-order valence-electron chi connectivity index (χ3n) is 6.30. The van der Waals surface area contributed by atoms with Crippen LogP contribution in [0.15, 0.2) is 119 Å². The van der Waals surface area contributed by atoms with Gasteiger partial charge in [-0.15, -0.1) is 23.1 Å². The Labute approximate surface area is 270 Å². The van der Waals surface area contributed by atoms with Crippen molar-refractivity contribution in [1.82, 2.24) is 10.3 Å². The first-order chi connectivity index (χ1) is 22.2. The number of nitrogens with one attached hydrogen (secondary N) is 3. The Hall–Kier alpha value is -5.66. The fourth-order valence-electron chi connectivity index (χ4n) is 4.10. The van der Waals surface area contributed by atoms with Crippen LogP contribution in [0.4, 0.5) is 20.9 Å². The predicted octanol–water partition coefficient (Wildman–Crippen LogP) is 7.00. The molecule has 0 saturated carbocycles. The molecule has 0 aliphatic rings. The molecule has 1 aromatic heterocycles. The molecule has 1 heterocycles. The Morgan fingerprint density at radius 1 is 0.913 bits per heavy atom. The number of nitrogens with zero attached hydrogens (tertiary/aromatic N) is 2. The van der Waals surface area contributed by atoms with Crippen LogP contribution in [0.1, 0.15) is 15.9 Å². The van der Waals surface area contributed by atoms with Crippen LogP contribution >= 0.6 is 23.1 Å². The lowest BCUT2D eigenvalue weighted by molar-refractivity contribution is -0.384. The topological polar surface area (TPSA) is 143 Å². The molecular formula is C33H24FN5O5S2. The van der Waals surface area contributed by atoms with Crippen molar-refractivity contribution < 1.29 is 23.7 Å². The molecule has 0 spiro atoms. The highest BCUT2D eigenvalue weighted by molar-refractivity contribution is 8.00. The van der Waals surface area contributed by atoms with E-state index in [1.165, 1.54) is 59.5 Å². The summed E-state index contributed by atoms with van der Waals surface area (Å²) in [6.45, 7) is 0. The number of anilines is 2. The third-order valence-corrected chi connectivity index (χ3v) is 8.05. The lowest BCUT2D eigenvalue weighted by atomic mass is 10.1. The standard InChI is InChI=1S/C33H24FN5O5S2/c34-27-15-5-4-10-22(27)17-28(36-31(41)21-8-2-1-3-9-21)32(42)35-24-12-7-14-26(18-24)45-20-30(40)38-33-37-29(19-46-33)23-11-6-13-25(16-23)39(43)44/h1-19H,20H2,(H,35,42)(H,36,41)(H,37,38,40)/b28-17-. The van der Waals surface area contributed by atoms with Gasteiger partial charge in [-0.2, -0.15) is 0 Å². The van der Waals surface area contributed by atoms with E-state index in [2.05, 4.69) is 20.9 Å². The Morgan fingerprint density at radius 2 is 1.67 bits per heavy atom. The van der Waals surface area contributed by atoms with Gasteiger partial charge in [0.1, 0.15) is 11.5 Å². The zero-order valence-electron chi connectivity index (χ0n) is 23.8. The van der Waals surface area contributed by atoms with Crippen molar-refractivity contribution in [3.05, 3.63) is 141 Å². The van der Waals surface area contributed by atoms with Crippen molar-refractivity contribution >= 4 is 63.4 Å². The van der Waals surface area contributed by atoms with Gasteiger partial charge in [0.05, 0.1) is 16.4 Å². The maximum Gasteiger partial charge on any atom is 0.272 e. The van der Waals surface area contributed by atoms with Gasteiger partial charge in [-0.25, -0.2) is 9.37 Å². The average molecular weight is 654 g/mol. The molecule has 4 aromatic carbocycles. The van der Waals surface area contributed by atoms with Crippen LogP contribution in [0.2, 0.25) is 0 Å². The number of nitro groups is 1. The van der Waals surface area contributed by atoms with Crippen LogP contribution in [-0.4, -0.2) is 33.4 Å². The quantitative estimate of drug-likeness (QED) is 0.0603. The van der Waals surface area contributed by atoms with Gasteiger partial charge in [-0.05, 0) is 42.5 Å². The predicted molar refractivity (Wildman–Crippen MR) is 177 cm³/mol. The molecule has 46 heavy (non-hydrogen) atoms. The first-order valence-corrected chi connectivity index (χ1v) is 15.5. The molecule has 10 nitrogen and oxygen atoms in total. The molecule has 0 bridgehead atoms. The maximum absolute atomic E-state index is 14.4. The van der Waals surface area contributed by atoms with E-state index in [0.717, 1.165) is 0 Å². The molecule has 3 N–H and O–H groups in total. The largest absolute Gasteiger partial charge is 0.321 e. The molecule has 0 aliphatic carbocycles. The summed E-state index contributed by atoms with van der Waals surface area (Å²) < 4.78 is 14.4. The van der Waals surface area contributed by atoms with E-state index < -0.39 is 22.6 Å². The summed E-state index contributed by atoms with van der Waals surface area (Å²) in [5.74, 6) is -2.05. The van der Waals surface area contributed by atoms with E-state index >= 15 is 0 Å². The molecule has 13 heteroatoms. The number of carbonyl (C=O) groups excluding carboxylic acids is 3. The van der Waals surface area contributed by atoms with E-state index in [1.807, 2.05) is 0 Å². The molecule has 0 unspecified atom stereocenters. The van der Waals surface area contributed by atoms with Crippen molar-refractivity contribution in [3.63, 3.8) is 0 Å². The van der Waals surface area contributed by atoms with Gasteiger partial charge < -0.3 is 16.0 Å². The number of thioether (sulfide) groups is 1. The summed E-state index contributed by atoms with van der Waals surface area (Å²) in [7, 11) is 0. The van der Waals surface area contributed by atoms with Crippen molar-refractivity contribution in [2.24, 2.45) is 0 Å². The summed E-state index contributed by atoms with van der Waals surface area (Å²) in [6.07, 6.45) is 1.26. The van der Waals surface area contributed by atoms with Crippen LogP contribution in [0.5, 0.6) is 0 Å². The minimum absolute atomic E-state index is 0.0364. The van der Waals surface area contributed by atoms with Crippen molar-refractivity contribution in [1.29, 1.82) is 0 Å². The summed E-state index contributed by atoms with van der Waals surface area (Å²) in [5, 5.41) is 21.1. The molecule has 0 aliphatic heterocycles. The summed E-state index contributed by atoms with van der Waals surface area (Å²) in [4.78, 5) is 54.4. The summed E-state index contributed by atoms with van der Waals surface area (Å²) in [6, 6.07) is 27.0. The Morgan fingerprint density at radius 3 is 2.46 bits per heavy atom. The number of non-ortho nitro benzene ring substituents is 1. The Kier molecular flexibility index (Phi) is 10.3. The monoisotopic (exact) mass is 653 g/mol. The number of amides is 3. The average Bonchev–Trinajstić information content (AvgIpc) is 3.53. The number of hydrogen-bond acceptors (Lipinski definition) is 8. The molecular weight excluding hydrogens is 630 g/mol. The van der Waals surface area contributed by atoms with Crippen LogP contribution < -0.4 is 16.0 Å². The van der Waals surface area contributed by atoms with E-state index in [9.17, 15) is 28.9 Å².